The van der Waals surface area contributed by atoms with Crippen LogP contribution in [0.15, 0.2) is 35.3 Å². The highest BCUT2D eigenvalue weighted by Crippen LogP contribution is 2.10. The maximum atomic E-state index is 11.9. The van der Waals surface area contributed by atoms with Crippen LogP contribution in [0.4, 0.5) is 5.69 Å². The molecule has 2 rings (SSSR count). The minimum atomic E-state index is -0.134. The highest BCUT2D eigenvalue weighted by Gasteiger charge is 2.11. The molecule has 0 unspecified atom stereocenters. The average molecular weight is 233 g/mol. The fourth-order valence-corrected chi connectivity index (χ4v) is 1.65. The molecule has 0 saturated carbocycles. The van der Waals surface area contributed by atoms with Gasteiger partial charge in [-0.1, -0.05) is 0 Å². The van der Waals surface area contributed by atoms with Crippen molar-refractivity contribution in [2.24, 2.45) is 0 Å². The zero-order valence-electron chi connectivity index (χ0n) is 9.64. The van der Waals surface area contributed by atoms with E-state index in [4.69, 9.17) is 10.2 Å². The van der Waals surface area contributed by atoms with Crippen LogP contribution < -0.4 is 11.1 Å². The lowest BCUT2D eigenvalue weighted by atomic mass is 10.3. The SMILES string of the molecule is CCn1cc(N)cc1C(=O)NCc1ccoc1. The molecule has 0 spiro atoms. The number of furan rings is 1. The van der Waals surface area contributed by atoms with Crippen LogP contribution in [-0.2, 0) is 13.1 Å². The van der Waals surface area contributed by atoms with Gasteiger partial charge in [0.05, 0.1) is 18.2 Å². The molecule has 0 aromatic carbocycles. The van der Waals surface area contributed by atoms with Crippen molar-refractivity contribution in [2.45, 2.75) is 20.0 Å². The maximum Gasteiger partial charge on any atom is 0.268 e. The first-order chi connectivity index (χ1) is 8.20. The molecular weight excluding hydrogens is 218 g/mol. The lowest BCUT2D eigenvalue weighted by Crippen LogP contribution is -2.25. The first kappa shape index (κ1) is 11.3. The number of aryl methyl sites for hydroxylation is 1. The highest BCUT2D eigenvalue weighted by molar-refractivity contribution is 5.93. The zero-order valence-corrected chi connectivity index (χ0v) is 9.64. The van der Waals surface area contributed by atoms with Crippen LogP contribution >= 0.6 is 0 Å². The van der Waals surface area contributed by atoms with Gasteiger partial charge in [0.15, 0.2) is 0 Å². The Morgan fingerprint density at radius 3 is 3.06 bits per heavy atom. The van der Waals surface area contributed by atoms with Crippen LogP contribution in [0.2, 0.25) is 0 Å². The third kappa shape index (κ3) is 2.50. The van der Waals surface area contributed by atoms with Crippen LogP contribution in [0.5, 0.6) is 0 Å². The Balaban J connectivity index is 2.04. The van der Waals surface area contributed by atoms with Crippen molar-refractivity contribution in [2.75, 3.05) is 5.73 Å². The van der Waals surface area contributed by atoms with Crippen molar-refractivity contribution in [3.63, 3.8) is 0 Å². The Hall–Kier alpha value is -2.17. The minimum Gasteiger partial charge on any atom is -0.472 e. The number of rotatable bonds is 4. The normalized spacial score (nSPS) is 10.4. The summed E-state index contributed by atoms with van der Waals surface area (Å²) in [6.45, 7) is 3.13. The molecule has 17 heavy (non-hydrogen) atoms. The highest BCUT2D eigenvalue weighted by atomic mass is 16.3. The molecular formula is C12H15N3O2. The van der Waals surface area contributed by atoms with Crippen LogP contribution in [-0.4, -0.2) is 10.5 Å². The molecule has 3 N–H and O–H groups in total. The molecule has 90 valence electrons. The number of aromatic nitrogens is 1. The number of nitrogens with two attached hydrogens (primary N) is 1. The van der Waals surface area contributed by atoms with Gasteiger partial charge in [0, 0.05) is 24.8 Å². The Morgan fingerprint density at radius 2 is 2.41 bits per heavy atom. The number of nitrogen functional groups attached to an aromatic ring is 1. The number of carbonyl (C=O) groups is 1. The third-order valence-electron chi connectivity index (χ3n) is 2.52. The van der Waals surface area contributed by atoms with E-state index < -0.39 is 0 Å². The van der Waals surface area contributed by atoms with Crippen LogP contribution in [0, 0.1) is 0 Å². The maximum absolute atomic E-state index is 11.9. The van der Waals surface area contributed by atoms with Crippen molar-refractivity contribution >= 4 is 11.6 Å². The van der Waals surface area contributed by atoms with E-state index in [2.05, 4.69) is 5.32 Å². The molecule has 2 heterocycles. The summed E-state index contributed by atoms with van der Waals surface area (Å²) in [5.74, 6) is -0.134. The molecule has 1 amide bonds. The average Bonchev–Trinajstić information content (AvgIpc) is 2.94. The van der Waals surface area contributed by atoms with Gasteiger partial charge < -0.3 is 20.0 Å². The molecule has 0 aliphatic rings. The van der Waals surface area contributed by atoms with E-state index in [9.17, 15) is 4.79 Å². The Labute approximate surface area is 99.2 Å². The Bertz CT molecular complexity index is 500. The quantitative estimate of drug-likeness (QED) is 0.842. The van der Waals surface area contributed by atoms with Crippen molar-refractivity contribution < 1.29 is 9.21 Å². The van der Waals surface area contributed by atoms with Crippen molar-refractivity contribution in [3.05, 3.63) is 42.1 Å². The van der Waals surface area contributed by atoms with E-state index in [1.54, 1.807) is 24.8 Å². The summed E-state index contributed by atoms with van der Waals surface area (Å²) in [7, 11) is 0. The molecule has 2 aromatic heterocycles. The monoisotopic (exact) mass is 233 g/mol. The third-order valence-corrected chi connectivity index (χ3v) is 2.52. The minimum absolute atomic E-state index is 0.134. The van der Waals surface area contributed by atoms with Gasteiger partial charge in [-0.2, -0.15) is 0 Å². The molecule has 0 saturated heterocycles. The van der Waals surface area contributed by atoms with Crippen molar-refractivity contribution in [1.82, 2.24) is 9.88 Å². The fourth-order valence-electron chi connectivity index (χ4n) is 1.65. The number of amides is 1. The summed E-state index contributed by atoms with van der Waals surface area (Å²) in [6, 6.07) is 3.49. The Kier molecular flexibility index (Phi) is 3.18. The second kappa shape index (κ2) is 4.78. The van der Waals surface area contributed by atoms with Crippen molar-refractivity contribution in [1.29, 1.82) is 0 Å². The second-order valence-corrected chi connectivity index (χ2v) is 3.76. The predicted octanol–water partition coefficient (Wildman–Crippen LogP) is 1.61. The van der Waals surface area contributed by atoms with Crippen LogP contribution in [0.1, 0.15) is 23.0 Å². The molecule has 5 nitrogen and oxygen atoms in total. The van der Waals surface area contributed by atoms with E-state index in [-0.39, 0.29) is 5.91 Å². The summed E-state index contributed by atoms with van der Waals surface area (Å²) in [5.41, 5.74) is 7.77. The summed E-state index contributed by atoms with van der Waals surface area (Å²) < 4.78 is 6.74. The van der Waals surface area contributed by atoms with Crippen LogP contribution in [0.25, 0.3) is 0 Å². The fraction of sp³-hybridized carbons (Fsp3) is 0.250. The summed E-state index contributed by atoms with van der Waals surface area (Å²) in [5, 5.41) is 2.81. The summed E-state index contributed by atoms with van der Waals surface area (Å²) in [4.78, 5) is 11.9. The molecule has 5 heteroatoms. The van der Waals surface area contributed by atoms with Gasteiger partial charge >= 0.3 is 0 Å². The zero-order chi connectivity index (χ0) is 12.3. The smallest absolute Gasteiger partial charge is 0.268 e. The van der Waals surface area contributed by atoms with E-state index in [0.29, 0.717) is 24.5 Å². The number of nitrogens with zero attached hydrogens (tertiary/aromatic N) is 1. The largest absolute Gasteiger partial charge is 0.472 e. The molecule has 0 atom stereocenters. The number of anilines is 1. The number of hydrogen-bond donors (Lipinski definition) is 2. The molecule has 0 fully saturated rings. The lowest BCUT2D eigenvalue weighted by molar-refractivity contribution is 0.0941. The van der Waals surface area contributed by atoms with Gasteiger partial charge in [-0.05, 0) is 19.1 Å². The van der Waals surface area contributed by atoms with Crippen LogP contribution in [0.3, 0.4) is 0 Å². The van der Waals surface area contributed by atoms with Gasteiger partial charge in [0.25, 0.3) is 5.91 Å². The Morgan fingerprint density at radius 1 is 1.59 bits per heavy atom. The van der Waals surface area contributed by atoms with E-state index in [0.717, 1.165) is 5.56 Å². The van der Waals surface area contributed by atoms with E-state index >= 15 is 0 Å². The molecule has 0 aliphatic carbocycles. The van der Waals surface area contributed by atoms with Crippen molar-refractivity contribution in [3.8, 4) is 0 Å². The number of carbonyl (C=O) groups excluding carboxylic acids is 1. The number of hydrogen-bond acceptors (Lipinski definition) is 3. The summed E-state index contributed by atoms with van der Waals surface area (Å²) >= 11 is 0. The molecule has 0 radical (unpaired) electrons. The topological polar surface area (TPSA) is 73.2 Å². The molecule has 2 aromatic rings. The van der Waals surface area contributed by atoms with Gasteiger partial charge in [0.2, 0.25) is 0 Å². The first-order valence-electron chi connectivity index (χ1n) is 5.45. The molecule has 0 bridgehead atoms. The molecule has 0 aliphatic heterocycles. The lowest BCUT2D eigenvalue weighted by Gasteiger charge is -2.06. The van der Waals surface area contributed by atoms with Gasteiger partial charge in [0.1, 0.15) is 5.69 Å². The first-order valence-corrected chi connectivity index (χ1v) is 5.45. The predicted molar refractivity (Wildman–Crippen MR) is 64.4 cm³/mol. The second-order valence-electron chi connectivity index (χ2n) is 3.76. The van der Waals surface area contributed by atoms with E-state index in [1.165, 1.54) is 0 Å². The van der Waals surface area contributed by atoms with E-state index in [1.807, 2.05) is 17.6 Å². The standard InChI is InChI=1S/C12H15N3O2/c1-2-15-7-10(13)5-11(15)12(16)14-6-9-3-4-17-8-9/h3-5,7-8H,2,6,13H2,1H3,(H,14,16). The van der Waals surface area contributed by atoms with Gasteiger partial charge in [-0.25, -0.2) is 0 Å². The summed E-state index contributed by atoms with van der Waals surface area (Å²) in [6.07, 6.45) is 4.94. The number of nitrogens with one attached hydrogen (secondary N) is 1. The van der Waals surface area contributed by atoms with Gasteiger partial charge in [-0.15, -0.1) is 0 Å². The van der Waals surface area contributed by atoms with Gasteiger partial charge in [-0.3, -0.25) is 4.79 Å².